The first-order valence-electron chi connectivity index (χ1n) is 9.09. The first-order valence-corrected chi connectivity index (χ1v) is 10.5. The predicted molar refractivity (Wildman–Crippen MR) is 105 cm³/mol. The van der Waals surface area contributed by atoms with Crippen LogP contribution in [0.3, 0.4) is 0 Å². The third kappa shape index (κ3) is 4.75. The molecule has 1 aliphatic rings. The average Bonchev–Trinajstić information content (AvgIpc) is 2.74. The molecule has 2 aromatic rings. The van der Waals surface area contributed by atoms with E-state index in [-0.39, 0.29) is 42.4 Å². The maximum absolute atomic E-state index is 12.6. The van der Waals surface area contributed by atoms with Gasteiger partial charge in [0.15, 0.2) is 6.61 Å². The summed E-state index contributed by atoms with van der Waals surface area (Å²) in [5.74, 6) is -1.42. The van der Waals surface area contributed by atoms with Crippen LogP contribution in [0, 0.1) is 6.92 Å². The fourth-order valence-corrected chi connectivity index (χ4v) is 4.47. The number of nitrogens with zero attached hydrogens (tertiary/aromatic N) is 2. The van der Waals surface area contributed by atoms with E-state index < -0.39 is 28.5 Å². The van der Waals surface area contributed by atoms with Crippen LogP contribution in [0.5, 0.6) is 5.75 Å². The number of esters is 1. The Hall–Kier alpha value is -2.91. The van der Waals surface area contributed by atoms with Crippen molar-refractivity contribution < 1.29 is 27.9 Å². The molecule has 1 N–H and O–H groups in total. The quantitative estimate of drug-likeness (QED) is 0.736. The summed E-state index contributed by atoms with van der Waals surface area (Å²) in [6.45, 7) is 2.03. The van der Waals surface area contributed by atoms with Crippen molar-refractivity contribution >= 4 is 21.9 Å². The van der Waals surface area contributed by atoms with Gasteiger partial charge in [-0.15, -0.1) is 0 Å². The van der Waals surface area contributed by atoms with Crippen molar-refractivity contribution in [3.63, 3.8) is 0 Å². The SMILES string of the molecule is Cc1ccc(O)c(C(=O)OCC(=O)N2CCN(S(=O)(=O)c3ccccc3)CC2)c1. The molecule has 0 saturated carbocycles. The molecule has 1 heterocycles. The number of phenolic OH excluding ortho intramolecular Hbond substituents is 1. The number of rotatable bonds is 5. The molecule has 3 rings (SSSR count). The van der Waals surface area contributed by atoms with E-state index in [1.807, 2.05) is 0 Å². The number of sulfonamides is 1. The summed E-state index contributed by atoms with van der Waals surface area (Å²) in [5, 5.41) is 9.76. The largest absolute Gasteiger partial charge is 0.507 e. The molecule has 0 unspecified atom stereocenters. The van der Waals surface area contributed by atoms with Gasteiger partial charge in [0, 0.05) is 26.2 Å². The van der Waals surface area contributed by atoms with E-state index in [4.69, 9.17) is 4.74 Å². The highest BCUT2D eigenvalue weighted by Gasteiger charge is 2.30. The van der Waals surface area contributed by atoms with Crippen LogP contribution < -0.4 is 0 Å². The molecule has 9 heteroatoms. The third-order valence-electron chi connectivity index (χ3n) is 4.67. The van der Waals surface area contributed by atoms with Gasteiger partial charge in [-0.05, 0) is 31.2 Å². The maximum atomic E-state index is 12.6. The Morgan fingerprint density at radius 2 is 1.69 bits per heavy atom. The molecule has 29 heavy (non-hydrogen) atoms. The Bertz CT molecular complexity index is 999. The van der Waals surface area contributed by atoms with Gasteiger partial charge in [0.25, 0.3) is 5.91 Å². The van der Waals surface area contributed by atoms with E-state index in [0.717, 1.165) is 5.56 Å². The predicted octanol–water partition coefficient (Wildman–Crippen LogP) is 1.39. The minimum Gasteiger partial charge on any atom is -0.507 e. The van der Waals surface area contributed by atoms with E-state index in [1.165, 1.54) is 33.5 Å². The maximum Gasteiger partial charge on any atom is 0.342 e. The second kappa shape index (κ2) is 8.62. The van der Waals surface area contributed by atoms with Crippen molar-refractivity contribution in [2.24, 2.45) is 0 Å². The average molecular weight is 418 g/mol. The van der Waals surface area contributed by atoms with Crippen LogP contribution in [-0.4, -0.2) is 67.4 Å². The number of hydrogen-bond donors (Lipinski definition) is 1. The number of aryl methyl sites for hydroxylation is 1. The van der Waals surface area contributed by atoms with Crippen LogP contribution >= 0.6 is 0 Å². The summed E-state index contributed by atoms with van der Waals surface area (Å²) in [7, 11) is -3.60. The van der Waals surface area contributed by atoms with Gasteiger partial charge in [-0.2, -0.15) is 4.31 Å². The van der Waals surface area contributed by atoms with E-state index in [9.17, 15) is 23.1 Å². The van der Waals surface area contributed by atoms with Gasteiger partial charge < -0.3 is 14.7 Å². The molecule has 1 saturated heterocycles. The van der Waals surface area contributed by atoms with Gasteiger partial charge in [-0.3, -0.25) is 4.79 Å². The third-order valence-corrected chi connectivity index (χ3v) is 6.58. The van der Waals surface area contributed by atoms with Gasteiger partial charge in [-0.25, -0.2) is 13.2 Å². The Morgan fingerprint density at radius 3 is 2.34 bits per heavy atom. The van der Waals surface area contributed by atoms with Crippen molar-refractivity contribution in [3.05, 3.63) is 59.7 Å². The second-order valence-corrected chi connectivity index (χ2v) is 8.63. The molecular weight excluding hydrogens is 396 g/mol. The lowest BCUT2D eigenvalue weighted by Crippen LogP contribution is -2.51. The monoisotopic (exact) mass is 418 g/mol. The summed E-state index contributed by atoms with van der Waals surface area (Å²) in [6.07, 6.45) is 0. The normalized spacial score (nSPS) is 15.1. The van der Waals surface area contributed by atoms with E-state index in [0.29, 0.717) is 0 Å². The molecule has 154 valence electrons. The van der Waals surface area contributed by atoms with Crippen molar-refractivity contribution in [1.29, 1.82) is 0 Å². The zero-order valence-electron chi connectivity index (χ0n) is 15.9. The van der Waals surface area contributed by atoms with Gasteiger partial charge in [-0.1, -0.05) is 29.8 Å². The summed E-state index contributed by atoms with van der Waals surface area (Å²) in [4.78, 5) is 26.1. The smallest absolute Gasteiger partial charge is 0.342 e. The number of piperazine rings is 1. The number of benzene rings is 2. The van der Waals surface area contributed by atoms with Gasteiger partial charge in [0.2, 0.25) is 10.0 Å². The van der Waals surface area contributed by atoms with Crippen molar-refractivity contribution in [2.45, 2.75) is 11.8 Å². The van der Waals surface area contributed by atoms with Crippen LogP contribution in [-0.2, 0) is 19.6 Å². The van der Waals surface area contributed by atoms with Gasteiger partial charge in [0.1, 0.15) is 11.3 Å². The summed E-state index contributed by atoms with van der Waals surface area (Å²) in [6, 6.07) is 12.7. The standard InChI is InChI=1S/C20H22N2O6S/c1-15-7-8-18(23)17(13-15)20(25)28-14-19(24)21-9-11-22(12-10-21)29(26,27)16-5-3-2-4-6-16/h2-8,13,23H,9-12,14H2,1H3. The first kappa shape index (κ1) is 20.8. The Morgan fingerprint density at radius 1 is 1.03 bits per heavy atom. The Kier molecular flexibility index (Phi) is 6.19. The molecule has 0 aromatic heterocycles. The number of carbonyl (C=O) groups is 2. The Balaban J connectivity index is 1.54. The zero-order valence-corrected chi connectivity index (χ0v) is 16.8. The van der Waals surface area contributed by atoms with E-state index >= 15 is 0 Å². The molecule has 0 atom stereocenters. The van der Waals surface area contributed by atoms with Gasteiger partial charge >= 0.3 is 5.97 Å². The molecule has 2 aromatic carbocycles. The lowest BCUT2D eigenvalue weighted by Gasteiger charge is -2.33. The number of aromatic hydroxyl groups is 1. The zero-order chi connectivity index (χ0) is 21.0. The number of phenols is 1. The lowest BCUT2D eigenvalue weighted by molar-refractivity contribution is -0.135. The number of amides is 1. The molecule has 8 nitrogen and oxygen atoms in total. The Labute approximate surface area is 169 Å². The number of ether oxygens (including phenoxy) is 1. The molecule has 1 aliphatic heterocycles. The molecule has 0 radical (unpaired) electrons. The number of hydrogen-bond acceptors (Lipinski definition) is 6. The van der Waals surface area contributed by atoms with Crippen LogP contribution in [0.2, 0.25) is 0 Å². The van der Waals surface area contributed by atoms with Crippen LogP contribution in [0.15, 0.2) is 53.4 Å². The highest BCUT2D eigenvalue weighted by atomic mass is 32.2. The number of carbonyl (C=O) groups excluding carboxylic acids is 2. The van der Waals surface area contributed by atoms with E-state index in [1.54, 1.807) is 31.2 Å². The minimum atomic E-state index is -3.60. The van der Waals surface area contributed by atoms with Gasteiger partial charge in [0.05, 0.1) is 4.90 Å². The van der Waals surface area contributed by atoms with E-state index in [2.05, 4.69) is 0 Å². The van der Waals surface area contributed by atoms with Crippen LogP contribution in [0.1, 0.15) is 15.9 Å². The summed E-state index contributed by atoms with van der Waals surface area (Å²) >= 11 is 0. The molecule has 0 spiro atoms. The molecule has 1 fully saturated rings. The minimum absolute atomic E-state index is 0.00317. The topological polar surface area (TPSA) is 104 Å². The highest BCUT2D eigenvalue weighted by molar-refractivity contribution is 7.89. The van der Waals surface area contributed by atoms with Crippen molar-refractivity contribution in [2.75, 3.05) is 32.8 Å². The second-order valence-electron chi connectivity index (χ2n) is 6.69. The van der Waals surface area contributed by atoms with Crippen molar-refractivity contribution in [3.8, 4) is 5.75 Å². The molecular formula is C20H22N2O6S. The molecule has 0 bridgehead atoms. The first-order chi connectivity index (χ1) is 13.8. The lowest BCUT2D eigenvalue weighted by atomic mass is 10.1. The summed E-state index contributed by atoms with van der Waals surface area (Å²) in [5.41, 5.74) is 0.772. The molecule has 0 aliphatic carbocycles. The fraction of sp³-hybridized carbons (Fsp3) is 0.300. The van der Waals surface area contributed by atoms with Crippen LogP contribution in [0.4, 0.5) is 0 Å². The van der Waals surface area contributed by atoms with Crippen molar-refractivity contribution in [1.82, 2.24) is 9.21 Å². The fourth-order valence-electron chi connectivity index (χ4n) is 3.03. The van der Waals surface area contributed by atoms with Crippen LogP contribution in [0.25, 0.3) is 0 Å². The highest BCUT2D eigenvalue weighted by Crippen LogP contribution is 2.20. The summed E-state index contributed by atoms with van der Waals surface area (Å²) < 4.78 is 31.6. The molecule has 1 amide bonds.